The highest BCUT2D eigenvalue weighted by atomic mass is 16.3. The smallest absolute Gasteiger partial charge is 0.0648 e. The third kappa shape index (κ3) is 4.35. The summed E-state index contributed by atoms with van der Waals surface area (Å²) < 4.78 is 0. The van der Waals surface area contributed by atoms with Crippen LogP contribution in [0.1, 0.15) is 105 Å². The zero-order valence-corrected chi connectivity index (χ0v) is 22.5. The van der Waals surface area contributed by atoms with Crippen molar-refractivity contribution < 1.29 is 10.2 Å². The molecule has 0 aromatic rings. The summed E-state index contributed by atoms with van der Waals surface area (Å²) in [5, 5.41) is 22.3. The minimum atomic E-state index is -0.411. The van der Waals surface area contributed by atoms with E-state index in [0.717, 1.165) is 42.6 Å². The molecule has 0 amide bonds. The number of rotatable bonds is 6. The zero-order chi connectivity index (χ0) is 24.7. The topological polar surface area (TPSA) is 40.5 Å². The molecule has 10 atom stereocenters. The minimum absolute atomic E-state index is 0.307. The van der Waals surface area contributed by atoms with Gasteiger partial charge in [-0.15, -0.1) is 6.42 Å². The van der Waals surface area contributed by atoms with Crippen LogP contribution in [0.3, 0.4) is 0 Å². The van der Waals surface area contributed by atoms with Crippen LogP contribution < -0.4 is 0 Å². The Kier molecular flexibility index (Phi) is 7.49. The summed E-state index contributed by atoms with van der Waals surface area (Å²) in [7, 11) is 0. The van der Waals surface area contributed by atoms with Gasteiger partial charge in [0.1, 0.15) is 0 Å². The molecule has 4 fully saturated rings. The molecule has 2 heteroatoms. The Bertz CT molecular complexity index is 834. The van der Waals surface area contributed by atoms with E-state index in [4.69, 9.17) is 6.42 Å². The van der Waals surface area contributed by atoms with Gasteiger partial charge in [-0.2, -0.15) is 0 Å². The minimum Gasteiger partial charge on any atom is -0.392 e. The van der Waals surface area contributed by atoms with E-state index in [0.29, 0.717) is 35.0 Å². The van der Waals surface area contributed by atoms with Crippen molar-refractivity contribution in [1.29, 1.82) is 0 Å². The summed E-state index contributed by atoms with van der Waals surface area (Å²) >= 11 is 0. The van der Waals surface area contributed by atoms with E-state index in [1.165, 1.54) is 44.9 Å². The van der Waals surface area contributed by atoms with Gasteiger partial charge in [-0.1, -0.05) is 45.8 Å². The van der Waals surface area contributed by atoms with Crippen LogP contribution in [-0.4, -0.2) is 21.9 Å². The SMILES string of the molecule is C#C/C=C\C(=C/C)C[C@@H](O)[C@@H](C)[C@H]1CC[C@H]2[C@@H]3CC[C@H]4C[C@](O)(CC)CC[C@]4(C)[C@H]3CC[C@]12C. The van der Waals surface area contributed by atoms with Gasteiger partial charge in [0.25, 0.3) is 0 Å². The van der Waals surface area contributed by atoms with E-state index in [2.05, 4.69) is 39.7 Å². The van der Waals surface area contributed by atoms with Crippen LogP contribution in [0.15, 0.2) is 23.8 Å². The molecule has 4 aliphatic rings. The van der Waals surface area contributed by atoms with Gasteiger partial charge in [0.2, 0.25) is 0 Å². The maximum absolute atomic E-state index is 11.2. The summed E-state index contributed by atoms with van der Waals surface area (Å²) in [6, 6.07) is 0. The molecule has 190 valence electrons. The van der Waals surface area contributed by atoms with Crippen molar-refractivity contribution in [3.63, 3.8) is 0 Å². The molecule has 34 heavy (non-hydrogen) atoms. The van der Waals surface area contributed by atoms with Gasteiger partial charge >= 0.3 is 0 Å². The standard InChI is InChI=1S/C32H50O2/c1-7-10-11-23(8-2)20-29(33)22(4)26-14-15-27-25-13-12-24-21-32(34,9-3)19-18-30(24,5)28(25)16-17-31(26,27)6/h1,8,10-11,22,24-29,33-34H,9,12-21H2,2-6H3/b11-10-,23-8+/t22-,24-,25-,26+,27-,28-,29+,30-,31+,32-/m0/s1. The van der Waals surface area contributed by atoms with Crippen LogP contribution in [-0.2, 0) is 0 Å². The summed E-state index contributed by atoms with van der Waals surface area (Å²) in [6.45, 7) is 11.7. The van der Waals surface area contributed by atoms with Crippen LogP contribution in [0, 0.1) is 58.7 Å². The highest BCUT2D eigenvalue weighted by molar-refractivity contribution is 5.25. The lowest BCUT2D eigenvalue weighted by molar-refractivity contribution is -0.154. The molecule has 0 heterocycles. The van der Waals surface area contributed by atoms with Crippen LogP contribution in [0.5, 0.6) is 0 Å². The number of hydrogen-bond acceptors (Lipinski definition) is 2. The average Bonchev–Trinajstić information content (AvgIpc) is 3.18. The second-order valence-electron chi connectivity index (χ2n) is 13.2. The van der Waals surface area contributed by atoms with Gasteiger partial charge in [0.05, 0.1) is 11.7 Å². The summed E-state index contributed by atoms with van der Waals surface area (Å²) in [6.07, 6.45) is 23.6. The van der Waals surface area contributed by atoms with E-state index in [1.807, 2.05) is 13.0 Å². The van der Waals surface area contributed by atoms with Gasteiger partial charge in [-0.25, -0.2) is 0 Å². The highest BCUT2D eigenvalue weighted by Crippen LogP contribution is 2.69. The number of hydrogen-bond donors (Lipinski definition) is 2. The van der Waals surface area contributed by atoms with Gasteiger partial charge in [-0.3, -0.25) is 0 Å². The lowest BCUT2D eigenvalue weighted by Gasteiger charge is -2.62. The maximum atomic E-state index is 11.2. The molecule has 0 aliphatic heterocycles. The van der Waals surface area contributed by atoms with E-state index in [-0.39, 0.29) is 6.10 Å². The molecule has 4 saturated carbocycles. The molecule has 0 unspecified atom stereocenters. The van der Waals surface area contributed by atoms with Crippen LogP contribution >= 0.6 is 0 Å². The Hall–Kier alpha value is -1.04. The fraction of sp³-hybridized carbons (Fsp3) is 0.812. The molecule has 4 aliphatic carbocycles. The fourth-order valence-electron chi connectivity index (χ4n) is 9.68. The van der Waals surface area contributed by atoms with Crippen molar-refractivity contribution in [2.75, 3.05) is 0 Å². The van der Waals surface area contributed by atoms with E-state index < -0.39 is 5.60 Å². The first-order valence-corrected chi connectivity index (χ1v) is 14.3. The van der Waals surface area contributed by atoms with Crippen LogP contribution in [0.4, 0.5) is 0 Å². The van der Waals surface area contributed by atoms with Crippen molar-refractivity contribution in [2.24, 2.45) is 46.3 Å². The molecule has 2 N–H and O–H groups in total. The van der Waals surface area contributed by atoms with Crippen molar-refractivity contribution in [2.45, 2.75) is 117 Å². The van der Waals surface area contributed by atoms with Crippen molar-refractivity contribution in [1.82, 2.24) is 0 Å². The first-order valence-electron chi connectivity index (χ1n) is 14.3. The fourth-order valence-corrected chi connectivity index (χ4v) is 9.68. The summed E-state index contributed by atoms with van der Waals surface area (Å²) in [4.78, 5) is 0. The molecule has 0 aromatic heterocycles. The van der Waals surface area contributed by atoms with E-state index in [9.17, 15) is 10.2 Å². The Morgan fingerprint density at radius 1 is 1.06 bits per heavy atom. The lowest BCUT2D eigenvalue weighted by atomic mass is 9.43. The van der Waals surface area contributed by atoms with Gasteiger partial charge in [0.15, 0.2) is 0 Å². The van der Waals surface area contributed by atoms with Gasteiger partial charge < -0.3 is 10.2 Å². The Morgan fingerprint density at radius 2 is 1.79 bits per heavy atom. The first kappa shape index (κ1) is 26.0. The third-order valence-electron chi connectivity index (χ3n) is 12.0. The number of fused-ring (bicyclic) bond motifs is 5. The van der Waals surface area contributed by atoms with Crippen molar-refractivity contribution in [3.05, 3.63) is 23.8 Å². The zero-order valence-electron chi connectivity index (χ0n) is 22.5. The second-order valence-corrected chi connectivity index (χ2v) is 13.2. The van der Waals surface area contributed by atoms with Crippen LogP contribution in [0.25, 0.3) is 0 Å². The normalized spacial score (nSPS) is 46.3. The molecule has 4 rings (SSSR count). The molecule has 0 saturated heterocycles. The molecular weight excluding hydrogens is 416 g/mol. The molecule has 0 aromatic carbocycles. The van der Waals surface area contributed by atoms with E-state index >= 15 is 0 Å². The monoisotopic (exact) mass is 466 g/mol. The number of aliphatic hydroxyl groups excluding tert-OH is 1. The molecular formula is C32H50O2. The second kappa shape index (κ2) is 9.78. The first-order chi connectivity index (χ1) is 16.1. The number of terminal acetylenes is 1. The Morgan fingerprint density at radius 3 is 2.47 bits per heavy atom. The summed E-state index contributed by atoms with van der Waals surface area (Å²) in [5.74, 6) is 6.65. The molecule has 2 nitrogen and oxygen atoms in total. The Labute approximate surface area is 209 Å². The van der Waals surface area contributed by atoms with Crippen molar-refractivity contribution in [3.8, 4) is 12.3 Å². The van der Waals surface area contributed by atoms with Crippen LogP contribution in [0.2, 0.25) is 0 Å². The molecule has 0 spiro atoms. The van der Waals surface area contributed by atoms with Gasteiger partial charge in [0, 0.05) is 0 Å². The highest BCUT2D eigenvalue weighted by Gasteiger charge is 2.61. The quantitative estimate of drug-likeness (QED) is 0.318. The largest absolute Gasteiger partial charge is 0.392 e. The predicted octanol–water partition coefficient (Wildman–Crippen LogP) is 7.31. The number of aliphatic hydroxyl groups is 2. The number of allylic oxidation sites excluding steroid dienone is 3. The van der Waals surface area contributed by atoms with E-state index in [1.54, 1.807) is 6.08 Å². The maximum Gasteiger partial charge on any atom is 0.0648 e. The summed E-state index contributed by atoms with van der Waals surface area (Å²) in [5.41, 5.74) is 1.50. The van der Waals surface area contributed by atoms with Crippen molar-refractivity contribution >= 4 is 0 Å². The Balaban J connectivity index is 1.48. The average molecular weight is 467 g/mol. The predicted molar refractivity (Wildman–Crippen MR) is 142 cm³/mol. The molecule has 0 radical (unpaired) electrons. The lowest BCUT2D eigenvalue weighted by Crippen LogP contribution is -2.56. The third-order valence-corrected chi connectivity index (χ3v) is 12.0. The van der Waals surface area contributed by atoms with Gasteiger partial charge in [-0.05, 0) is 136 Å². The molecule has 0 bridgehead atoms.